The largest absolute Gasteiger partial charge is 0.388 e. The molecule has 0 bridgehead atoms. The van der Waals surface area contributed by atoms with Gasteiger partial charge in [0.2, 0.25) is 0 Å². The van der Waals surface area contributed by atoms with Gasteiger partial charge in [-0.3, -0.25) is 0 Å². The molecule has 3 heteroatoms. The number of imidazole rings is 1. The van der Waals surface area contributed by atoms with Crippen molar-refractivity contribution in [1.82, 2.24) is 4.98 Å². The van der Waals surface area contributed by atoms with Gasteiger partial charge in [0.15, 0.2) is 5.69 Å². The van der Waals surface area contributed by atoms with Gasteiger partial charge in [0, 0.05) is 0 Å². The maximum atomic E-state index is 8.96. The van der Waals surface area contributed by atoms with Crippen molar-refractivity contribution in [3.05, 3.63) is 17.7 Å². The first kappa shape index (κ1) is 9.26. The molecule has 0 aromatic carbocycles. The highest BCUT2D eigenvalue weighted by Crippen LogP contribution is 2.16. The predicted octanol–water partition coefficient (Wildman–Crippen LogP) is 0.629. The van der Waals surface area contributed by atoms with Crippen LogP contribution < -0.4 is 4.57 Å². The van der Waals surface area contributed by atoms with Crippen LogP contribution in [0.3, 0.4) is 0 Å². The Morgan fingerprint density at radius 2 is 2.08 bits per heavy atom. The fourth-order valence-electron chi connectivity index (χ4n) is 1.36. The second-order valence-corrected chi connectivity index (χ2v) is 4.10. The number of aliphatic hydroxyl groups excluding tert-OH is 1. The van der Waals surface area contributed by atoms with Crippen LogP contribution in [0.4, 0.5) is 0 Å². The highest BCUT2D eigenvalue weighted by Gasteiger charge is 2.26. The summed E-state index contributed by atoms with van der Waals surface area (Å²) in [7, 11) is 1.96. The zero-order valence-electron chi connectivity index (χ0n) is 8.18. The monoisotopic (exact) mass is 169 g/mol. The van der Waals surface area contributed by atoms with E-state index < -0.39 is 0 Å². The third-order valence-corrected chi connectivity index (χ3v) is 2.01. The van der Waals surface area contributed by atoms with Crippen LogP contribution in [0.15, 0.2) is 6.20 Å². The van der Waals surface area contributed by atoms with Gasteiger partial charge in [-0.2, -0.15) is 0 Å². The Morgan fingerprint density at radius 3 is 2.33 bits per heavy atom. The van der Waals surface area contributed by atoms with Crippen molar-refractivity contribution in [3.63, 3.8) is 0 Å². The van der Waals surface area contributed by atoms with Gasteiger partial charge < -0.3 is 5.11 Å². The lowest BCUT2D eigenvalue weighted by atomic mass is 9.96. The molecule has 12 heavy (non-hydrogen) atoms. The van der Waals surface area contributed by atoms with Crippen molar-refractivity contribution in [1.29, 1.82) is 0 Å². The molecule has 0 aliphatic heterocycles. The predicted molar refractivity (Wildman–Crippen MR) is 46.6 cm³/mol. The Kier molecular flexibility index (Phi) is 2.24. The van der Waals surface area contributed by atoms with E-state index in [2.05, 4.69) is 25.8 Å². The summed E-state index contributed by atoms with van der Waals surface area (Å²) in [5.74, 6) is 1.13. The number of rotatable bonds is 1. The first-order valence-corrected chi connectivity index (χ1v) is 4.14. The van der Waals surface area contributed by atoms with Gasteiger partial charge in [0.25, 0.3) is 5.82 Å². The number of aromatic amines is 1. The molecule has 0 atom stereocenters. The van der Waals surface area contributed by atoms with Crippen LogP contribution in [-0.4, -0.2) is 10.1 Å². The van der Waals surface area contributed by atoms with Crippen LogP contribution in [-0.2, 0) is 19.1 Å². The average Bonchev–Trinajstić information content (AvgIpc) is 2.29. The number of aromatic nitrogens is 2. The average molecular weight is 169 g/mol. The van der Waals surface area contributed by atoms with E-state index in [9.17, 15) is 0 Å². The molecule has 0 amide bonds. The number of hydrogen-bond acceptors (Lipinski definition) is 1. The number of nitrogens with zero attached hydrogens (tertiary/aromatic N) is 1. The third kappa shape index (κ3) is 1.50. The van der Waals surface area contributed by atoms with Crippen LogP contribution in [0.25, 0.3) is 0 Å². The van der Waals surface area contributed by atoms with Gasteiger partial charge in [-0.25, -0.2) is 9.55 Å². The molecule has 0 aliphatic carbocycles. The van der Waals surface area contributed by atoms with Crippen LogP contribution in [0.2, 0.25) is 0 Å². The van der Waals surface area contributed by atoms with Crippen LogP contribution in [0.5, 0.6) is 0 Å². The topological polar surface area (TPSA) is 39.9 Å². The quantitative estimate of drug-likeness (QED) is 0.595. The normalized spacial score (nSPS) is 12.1. The zero-order chi connectivity index (χ0) is 9.35. The summed E-state index contributed by atoms with van der Waals surface area (Å²) in [4.78, 5) is 3.17. The lowest BCUT2D eigenvalue weighted by molar-refractivity contribution is -0.690. The molecule has 0 aliphatic rings. The summed E-state index contributed by atoms with van der Waals surface area (Å²) >= 11 is 0. The van der Waals surface area contributed by atoms with Gasteiger partial charge in [-0.1, -0.05) is 0 Å². The minimum Gasteiger partial charge on any atom is -0.388 e. The Hall–Kier alpha value is -0.830. The van der Waals surface area contributed by atoms with E-state index in [-0.39, 0.29) is 12.0 Å². The van der Waals surface area contributed by atoms with E-state index in [0.29, 0.717) is 0 Å². The van der Waals surface area contributed by atoms with Crippen molar-refractivity contribution in [2.45, 2.75) is 32.8 Å². The fraction of sp³-hybridized carbons (Fsp3) is 0.667. The molecular formula is C9H17N2O+. The minimum atomic E-state index is 0.0864. The smallest absolute Gasteiger partial charge is 0.259 e. The summed E-state index contributed by atoms with van der Waals surface area (Å²) in [6.45, 7) is 6.50. The number of hydrogen-bond donors (Lipinski definition) is 2. The fourth-order valence-corrected chi connectivity index (χ4v) is 1.36. The Labute approximate surface area is 73.1 Å². The first-order chi connectivity index (χ1) is 5.46. The van der Waals surface area contributed by atoms with E-state index >= 15 is 0 Å². The molecule has 0 saturated heterocycles. The number of aliphatic hydroxyl groups is 1. The van der Waals surface area contributed by atoms with Gasteiger partial charge >= 0.3 is 0 Å². The van der Waals surface area contributed by atoms with E-state index in [1.807, 2.05) is 17.8 Å². The summed E-state index contributed by atoms with van der Waals surface area (Å²) in [5.41, 5.74) is 1.02. The van der Waals surface area contributed by atoms with Gasteiger partial charge in [-0.15, -0.1) is 0 Å². The molecular weight excluding hydrogens is 152 g/mol. The molecule has 0 unspecified atom stereocenters. The Balaban J connectivity index is 3.11. The molecule has 68 valence electrons. The van der Waals surface area contributed by atoms with Crippen molar-refractivity contribution in [2.24, 2.45) is 7.05 Å². The molecule has 1 aromatic heterocycles. The van der Waals surface area contributed by atoms with Crippen LogP contribution in [0, 0.1) is 0 Å². The summed E-state index contributed by atoms with van der Waals surface area (Å²) in [6.07, 6.45) is 1.85. The maximum Gasteiger partial charge on any atom is 0.259 e. The van der Waals surface area contributed by atoms with E-state index in [1.54, 1.807) is 0 Å². The zero-order valence-corrected chi connectivity index (χ0v) is 8.18. The van der Waals surface area contributed by atoms with Crippen molar-refractivity contribution >= 4 is 0 Å². The second kappa shape index (κ2) is 2.90. The Morgan fingerprint density at radius 1 is 1.50 bits per heavy atom. The van der Waals surface area contributed by atoms with Crippen molar-refractivity contribution in [2.75, 3.05) is 0 Å². The summed E-state index contributed by atoms with van der Waals surface area (Å²) < 4.78 is 2.00. The van der Waals surface area contributed by atoms with E-state index in [1.165, 1.54) is 0 Å². The molecule has 1 aromatic rings. The standard InChI is InChI=1S/C9H16N2O/c1-9(2,3)8-10-5-7(6-12)11(8)4/h5,12H,6H2,1-4H3/p+1. The number of H-pyrrole nitrogens is 1. The SMILES string of the molecule is C[n+]1c(CO)c[nH]c1C(C)(C)C. The lowest BCUT2D eigenvalue weighted by Crippen LogP contribution is -2.40. The molecule has 1 rings (SSSR count). The molecule has 2 N–H and O–H groups in total. The Bertz CT molecular complexity index is 271. The first-order valence-electron chi connectivity index (χ1n) is 4.14. The van der Waals surface area contributed by atoms with Crippen LogP contribution in [0.1, 0.15) is 32.3 Å². The third-order valence-electron chi connectivity index (χ3n) is 2.01. The minimum absolute atomic E-state index is 0.0864. The van der Waals surface area contributed by atoms with Crippen molar-refractivity contribution < 1.29 is 9.67 Å². The summed E-state index contributed by atoms with van der Waals surface area (Å²) in [5, 5.41) is 8.96. The molecule has 0 radical (unpaired) electrons. The second-order valence-electron chi connectivity index (χ2n) is 4.10. The highest BCUT2D eigenvalue weighted by atomic mass is 16.3. The van der Waals surface area contributed by atoms with Gasteiger partial charge in [-0.05, 0) is 20.8 Å². The van der Waals surface area contributed by atoms with Gasteiger partial charge in [0.05, 0.1) is 12.5 Å². The molecule has 0 spiro atoms. The molecule has 1 heterocycles. The lowest BCUT2D eigenvalue weighted by Gasteiger charge is -2.12. The molecule has 0 saturated carbocycles. The molecule has 0 fully saturated rings. The van der Waals surface area contributed by atoms with E-state index in [0.717, 1.165) is 11.5 Å². The highest BCUT2D eigenvalue weighted by molar-refractivity contribution is 4.99. The van der Waals surface area contributed by atoms with Gasteiger partial charge in [0.1, 0.15) is 12.8 Å². The number of nitrogens with one attached hydrogen (secondary N) is 1. The maximum absolute atomic E-state index is 8.96. The van der Waals surface area contributed by atoms with Crippen LogP contribution >= 0.6 is 0 Å². The van der Waals surface area contributed by atoms with E-state index in [4.69, 9.17) is 5.11 Å². The van der Waals surface area contributed by atoms with Crippen molar-refractivity contribution in [3.8, 4) is 0 Å². The molecule has 3 nitrogen and oxygen atoms in total. The summed E-state index contributed by atoms with van der Waals surface area (Å²) in [6, 6.07) is 0.